The fraction of sp³-hybridized carbons (Fsp3) is 0.0455. The van der Waals surface area contributed by atoms with Crippen molar-refractivity contribution in [1.82, 2.24) is 5.43 Å². The van der Waals surface area contributed by atoms with E-state index in [0.717, 1.165) is 5.56 Å². The Morgan fingerprint density at radius 3 is 2.34 bits per heavy atom. The van der Waals surface area contributed by atoms with E-state index in [9.17, 15) is 9.59 Å². The van der Waals surface area contributed by atoms with E-state index < -0.39 is 0 Å². The quantitative estimate of drug-likeness (QED) is 0.519. The third-order valence-electron chi connectivity index (χ3n) is 4.22. The molecule has 1 aliphatic rings. The predicted octanol–water partition coefficient (Wildman–Crippen LogP) is 3.43. The van der Waals surface area contributed by atoms with Gasteiger partial charge in [-0.1, -0.05) is 18.2 Å². The molecule has 7 heteroatoms. The molecule has 29 heavy (non-hydrogen) atoms. The van der Waals surface area contributed by atoms with Gasteiger partial charge in [0.05, 0.1) is 6.21 Å². The van der Waals surface area contributed by atoms with E-state index >= 15 is 0 Å². The molecule has 0 radical (unpaired) electrons. The minimum absolute atomic E-state index is 0.203. The van der Waals surface area contributed by atoms with Gasteiger partial charge in [0.1, 0.15) is 0 Å². The second-order valence-electron chi connectivity index (χ2n) is 6.21. The fourth-order valence-electron chi connectivity index (χ4n) is 2.72. The zero-order chi connectivity index (χ0) is 20.1. The maximum atomic E-state index is 12.2. The Labute approximate surface area is 167 Å². The smallest absolute Gasteiger partial charge is 0.271 e. The van der Waals surface area contributed by atoms with Crippen LogP contribution in [0.3, 0.4) is 0 Å². The average molecular weight is 387 g/mol. The van der Waals surface area contributed by atoms with Gasteiger partial charge in [-0.3, -0.25) is 9.59 Å². The van der Waals surface area contributed by atoms with Crippen molar-refractivity contribution in [3.8, 4) is 11.5 Å². The van der Waals surface area contributed by atoms with Crippen LogP contribution in [0.5, 0.6) is 11.5 Å². The maximum Gasteiger partial charge on any atom is 0.271 e. The largest absolute Gasteiger partial charge is 0.454 e. The van der Waals surface area contributed by atoms with Crippen LogP contribution in [0.15, 0.2) is 77.9 Å². The molecule has 0 unspecified atom stereocenters. The van der Waals surface area contributed by atoms with Crippen LogP contribution < -0.4 is 20.2 Å². The molecule has 0 fully saturated rings. The van der Waals surface area contributed by atoms with Crippen molar-refractivity contribution in [3.05, 3.63) is 89.5 Å². The second kappa shape index (κ2) is 8.26. The number of hydrogen-bond donors (Lipinski definition) is 2. The van der Waals surface area contributed by atoms with Crippen molar-refractivity contribution in [1.29, 1.82) is 0 Å². The number of nitrogens with zero attached hydrogens (tertiary/aromatic N) is 1. The number of benzene rings is 3. The van der Waals surface area contributed by atoms with Crippen molar-refractivity contribution < 1.29 is 19.1 Å². The first kappa shape index (κ1) is 18.2. The van der Waals surface area contributed by atoms with E-state index in [1.54, 1.807) is 60.7 Å². The highest BCUT2D eigenvalue weighted by Crippen LogP contribution is 2.31. The lowest BCUT2D eigenvalue weighted by atomic mass is 10.1. The van der Waals surface area contributed by atoms with Crippen molar-refractivity contribution in [2.75, 3.05) is 12.1 Å². The van der Waals surface area contributed by atoms with Crippen LogP contribution in [0.4, 0.5) is 5.69 Å². The first-order valence-corrected chi connectivity index (χ1v) is 8.88. The van der Waals surface area contributed by atoms with Gasteiger partial charge in [-0.15, -0.1) is 0 Å². The topological polar surface area (TPSA) is 89.0 Å². The number of hydrazone groups is 1. The van der Waals surface area contributed by atoms with Gasteiger partial charge in [0, 0.05) is 16.8 Å². The number of anilines is 1. The Morgan fingerprint density at radius 1 is 0.828 bits per heavy atom. The van der Waals surface area contributed by atoms with Crippen molar-refractivity contribution in [2.45, 2.75) is 0 Å². The molecule has 1 heterocycles. The first-order valence-electron chi connectivity index (χ1n) is 8.88. The Hall–Kier alpha value is -4.13. The third-order valence-corrected chi connectivity index (χ3v) is 4.22. The zero-order valence-corrected chi connectivity index (χ0v) is 15.3. The number of rotatable bonds is 5. The van der Waals surface area contributed by atoms with Gasteiger partial charge in [-0.05, 0) is 60.2 Å². The molecule has 0 aliphatic carbocycles. The van der Waals surface area contributed by atoms with E-state index in [1.807, 2.05) is 12.1 Å². The monoisotopic (exact) mass is 387 g/mol. The van der Waals surface area contributed by atoms with E-state index in [1.165, 1.54) is 6.21 Å². The summed E-state index contributed by atoms with van der Waals surface area (Å²) in [5.74, 6) is 0.762. The summed E-state index contributed by atoms with van der Waals surface area (Å²) in [7, 11) is 0. The van der Waals surface area contributed by atoms with Gasteiger partial charge in [-0.25, -0.2) is 5.43 Å². The van der Waals surface area contributed by atoms with Crippen LogP contribution in [0.1, 0.15) is 26.3 Å². The van der Waals surface area contributed by atoms with Crippen molar-refractivity contribution in [2.24, 2.45) is 5.10 Å². The normalized spacial score (nSPS) is 12.0. The molecule has 0 saturated heterocycles. The minimum Gasteiger partial charge on any atom is -0.454 e. The molecular formula is C22H17N3O4. The van der Waals surface area contributed by atoms with Crippen LogP contribution in [0.2, 0.25) is 0 Å². The fourth-order valence-corrected chi connectivity index (χ4v) is 2.72. The van der Waals surface area contributed by atoms with Crippen LogP contribution in [0.25, 0.3) is 0 Å². The summed E-state index contributed by atoms with van der Waals surface area (Å²) in [4.78, 5) is 24.4. The van der Waals surface area contributed by atoms with Gasteiger partial charge in [-0.2, -0.15) is 5.10 Å². The summed E-state index contributed by atoms with van der Waals surface area (Å²) in [6, 6.07) is 20.8. The van der Waals surface area contributed by atoms with Gasteiger partial charge in [0.2, 0.25) is 6.79 Å². The molecule has 4 rings (SSSR count). The van der Waals surface area contributed by atoms with Crippen LogP contribution in [-0.2, 0) is 0 Å². The number of nitrogens with one attached hydrogen (secondary N) is 2. The molecule has 144 valence electrons. The molecule has 0 bridgehead atoms. The number of ether oxygens (including phenoxy) is 2. The lowest BCUT2D eigenvalue weighted by Crippen LogP contribution is -2.17. The van der Waals surface area contributed by atoms with Crippen LogP contribution >= 0.6 is 0 Å². The number of carbonyl (C=O) groups excluding carboxylic acids is 2. The lowest BCUT2D eigenvalue weighted by Gasteiger charge is -2.06. The van der Waals surface area contributed by atoms with E-state index in [4.69, 9.17) is 9.47 Å². The molecule has 0 saturated carbocycles. The highest BCUT2D eigenvalue weighted by Gasteiger charge is 2.12. The van der Waals surface area contributed by atoms with E-state index in [2.05, 4.69) is 15.8 Å². The number of hydrogen-bond acceptors (Lipinski definition) is 5. The molecule has 3 aromatic carbocycles. The molecule has 3 aromatic rings. The average Bonchev–Trinajstić information content (AvgIpc) is 3.23. The summed E-state index contributed by atoms with van der Waals surface area (Å²) < 4.78 is 10.6. The molecule has 0 spiro atoms. The SMILES string of the molecule is O=C(N/N=C\c1ccc2c(c1)OCO2)c1ccc(NC(=O)c2ccccc2)cc1. The highest BCUT2D eigenvalue weighted by molar-refractivity contribution is 6.04. The number of carbonyl (C=O) groups is 2. The molecule has 7 nitrogen and oxygen atoms in total. The summed E-state index contributed by atoms with van der Waals surface area (Å²) in [5.41, 5.74) is 4.82. The molecule has 0 atom stereocenters. The van der Waals surface area contributed by atoms with Crippen LogP contribution in [-0.4, -0.2) is 24.8 Å². The molecular weight excluding hydrogens is 370 g/mol. The van der Waals surface area contributed by atoms with Crippen molar-refractivity contribution in [3.63, 3.8) is 0 Å². The second-order valence-corrected chi connectivity index (χ2v) is 6.21. The number of fused-ring (bicyclic) bond motifs is 1. The zero-order valence-electron chi connectivity index (χ0n) is 15.3. The van der Waals surface area contributed by atoms with Crippen LogP contribution in [0, 0.1) is 0 Å². The molecule has 2 amide bonds. The van der Waals surface area contributed by atoms with Gasteiger partial charge < -0.3 is 14.8 Å². The Bertz CT molecular complexity index is 1060. The summed E-state index contributed by atoms with van der Waals surface area (Å²) in [6.07, 6.45) is 1.52. The highest BCUT2D eigenvalue weighted by atomic mass is 16.7. The summed E-state index contributed by atoms with van der Waals surface area (Å²) in [6.45, 7) is 0.203. The first-order chi connectivity index (χ1) is 14.2. The predicted molar refractivity (Wildman–Crippen MR) is 108 cm³/mol. The molecule has 0 aromatic heterocycles. The Balaban J connectivity index is 1.34. The minimum atomic E-state index is -0.358. The Kier molecular flexibility index (Phi) is 5.20. The number of amides is 2. The van der Waals surface area contributed by atoms with Gasteiger partial charge in [0.25, 0.3) is 11.8 Å². The maximum absolute atomic E-state index is 12.2. The van der Waals surface area contributed by atoms with E-state index in [0.29, 0.717) is 28.3 Å². The molecule has 2 N–H and O–H groups in total. The lowest BCUT2D eigenvalue weighted by molar-refractivity contribution is 0.0954. The summed E-state index contributed by atoms with van der Waals surface area (Å²) >= 11 is 0. The third kappa shape index (κ3) is 4.41. The van der Waals surface area contributed by atoms with Gasteiger partial charge >= 0.3 is 0 Å². The Morgan fingerprint density at radius 2 is 1.55 bits per heavy atom. The molecule has 1 aliphatic heterocycles. The van der Waals surface area contributed by atoms with Gasteiger partial charge in [0.15, 0.2) is 11.5 Å². The standard InChI is InChI=1S/C22H17N3O4/c26-21(16-4-2-1-3-5-16)24-18-9-7-17(8-10-18)22(27)25-23-13-15-6-11-19-20(12-15)29-14-28-19/h1-13H,14H2,(H,24,26)(H,25,27)/b23-13-. The van der Waals surface area contributed by atoms with Crippen molar-refractivity contribution >= 4 is 23.7 Å². The summed E-state index contributed by atoms with van der Waals surface area (Å²) in [5, 5.41) is 6.75. The van der Waals surface area contributed by atoms with E-state index in [-0.39, 0.29) is 18.6 Å².